The molecule has 2 aromatic heterocycles. The van der Waals surface area contributed by atoms with E-state index < -0.39 is 0 Å². The van der Waals surface area contributed by atoms with Crippen molar-refractivity contribution in [1.29, 1.82) is 0 Å². The summed E-state index contributed by atoms with van der Waals surface area (Å²) in [5.74, 6) is 1.47. The second kappa shape index (κ2) is 8.05. The van der Waals surface area contributed by atoms with Crippen LogP contribution in [0.25, 0.3) is 5.65 Å². The zero-order valence-corrected chi connectivity index (χ0v) is 13.6. The minimum atomic E-state index is 0.631. The van der Waals surface area contributed by atoms with Crippen molar-refractivity contribution in [2.75, 3.05) is 12.0 Å². The van der Waals surface area contributed by atoms with Crippen molar-refractivity contribution in [2.24, 2.45) is 5.10 Å². The van der Waals surface area contributed by atoms with Crippen LogP contribution in [-0.2, 0) is 0 Å². The van der Waals surface area contributed by atoms with Gasteiger partial charge in [-0.2, -0.15) is 5.10 Å². The third-order valence-corrected chi connectivity index (χ3v) is 3.51. The molecule has 0 radical (unpaired) electrons. The highest BCUT2D eigenvalue weighted by Gasteiger charge is 2.05. The molecule has 2 heterocycles. The number of H-pyrrole nitrogens is 1. The summed E-state index contributed by atoms with van der Waals surface area (Å²) in [6.45, 7) is 2.90. The Morgan fingerprint density at radius 3 is 3.08 bits per heavy atom. The first-order valence-corrected chi connectivity index (χ1v) is 8.10. The lowest BCUT2D eigenvalue weighted by molar-refractivity contribution is -0.579. The van der Waals surface area contributed by atoms with Gasteiger partial charge in [-0.15, -0.1) is 9.61 Å². The first kappa shape index (κ1) is 15.9. The third-order valence-electron chi connectivity index (χ3n) is 3.51. The van der Waals surface area contributed by atoms with Gasteiger partial charge in [-0.3, -0.25) is 5.43 Å². The molecule has 0 atom stereocenters. The summed E-state index contributed by atoms with van der Waals surface area (Å²) < 4.78 is 7.48. The number of hydrazone groups is 1. The number of benzene rings is 1. The number of anilines is 1. The van der Waals surface area contributed by atoms with E-state index >= 15 is 0 Å². The van der Waals surface area contributed by atoms with Crippen molar-refractivity contribution in [3.05, 3.63) is 48.3 Å². The zero-order valence-electron chi connectivity index (χ0n) is 13.6. The molecule has 124 valence electrons. The van der Waals surface area contributed by atoms with Gasteiger partial charge in [0, 0.05) is 16.7 Å². The molecule has 0 fully saturated rings. The highest BCUT2D eigenvalue weighted by molar-refractivity contribution is 5.83. The van der Waals surface area contributed by atoms with Crippen LogP contribution in [0.1, 0.15) is 31.7 Å². The van der Waals surface area contributed by atoms with E-state index in [0.717, 1.165) is 30.0 Å². The molecule has 0 aliphatic heterocycles. The van der Waals surface area contributed by atoms with Crippen molar-refractivity contribution in [1.82, 2.24) is 15.3 Å². The highest BCUT2D eigenvalue weighted by Crippen LogP contribution is 2.16. The molecule has 0 unspecified atom stereocenters. The van der Waals surface area contributed by atoms with Crippen LogP contribution in [0, 0.1) is 0 Å². The van der Waals surface area contributed by atoms with Gasteiger partial charge < -0.3 is 4.74 Å². The lowest BCUT2D eigenvalue weighted by atomic mass is 10.2. The van der Waals surface area contributed by atoms with E-state index in [-0.39, 0.29) is 0 Å². The van der Waals surface area contributed by atoms with Crippen LogP contribution in [0.15, 0.2) is 47.8 Å². The molecule has 0 aliphatic carbocycles. The fourth-order valence-corrected chi connectivity index (χ4v) is 2.24. The second-order valence-corrected chi connectivity index (χ2v) is 5.35. The Bertz CT molecular complexity index is 813. The minimum absolute atomic E-state index is 0.631. The number of fused-ring (bicyclic) bond motifs is 1. The van der Waals surface area contributed by atoms with Crippen LogP contribution in [-0.4, -0.2) is 28.1 Å². The Hall–Kier alpha value is -2.96. The SMILES string of the molecule is CCCCCOc1ccccc1C=NNc1ccc2n[nH]c[n+]2n1. The predicted molar refractivity (Wildman–Crippen MR) is 92.2 cm³/mol. The maximum Gasteiger partial charge on any atom is 0.325 e. The highest BCUT2D eigenvalue weighted by atomic mass is 16.5. The quantitative estimate of drug-likeness (QED) is 0.289. The van der Waals surface area contributed by atoms with Gasteiger partial charge in [-0.25, -0.2) is 0 Å². The number of ether oxygens (including phenoxy) is 1. The molecule has 7 nitrogen and oxygen atoms in total. The van der Waals surface area contributed by atoms with E-state index in [1.807, 2.05) is 36.4 Å². The van der Waals surface area contributed by atoms with Crippen LogP contribution >= 0.6 is 0 Å². The van der Waals surface area contributed by atoms with Gasteiger partial charge in [0.05, 0.1) is 12.8 Å². The van der Waals surface area contributed by atoms with Gasteiger partial charge in [0.15, 0.2) is 5.82 Å². The molecule has 0 aliphatic rings. The van der Waals surface area contributed by atoms with Gasteiger partial charge >= 0.3 is 5.65 Å². The molecular formula is C17H21N6O+. The lowest BCUT2D eigenvalue weighted by Gasteiger charge is -2.08. The van der Waals surface area contributed by atoms with E-state index in [2.05, 4.69) is 32.7 Å². The molecule has 0 amide bonds. The number of unbranched alkanes of at least 4 members (excludes halogenated alkanes) is 2. The number of nitrogens with one attached hydrogen (secondary N) is 2. The molecule has 0 saturated heterocycles. The lowest BCUT2D eigenvalue weighted by Crippen LogP contribution is -2.24. The van der Waals surface area contributed by atoms with E-state index in [0.29, 0.717) is 5.82 Å². The first-order chi connectivity index (χ1) is 11.9. The van der Waals surface area contributed by atoms with Crippen LogP contribution in [0.4, 0.5) is 5.82 Å². The molecular weight excluding hydrogens is 304 g/mol. The van der Waals surface area contributed by atoms with Crippen molar-refractivity contribution in [2.45, 2.75) is 26.2 Å². The topological polar surface area (TPSA) is 79.3 Å². The fourth-order valence-electron chi connectivity index (χ4n) is 2.24. The standard InChI is InChI=1S/C17H20N6O/c1-2-3-6-11-24-15-8-5-4-7-14(15)12-18-20-16-9-10-17-21-19-13-23(17)22-16/h4-5,7-10,12-13H,2-3,6,11H2,1H3,(H,20,22)/p+1. The number of aromatic amines is 1. The third kappa shape index (κ3) is 4.07. The van der Waals surface area contributed by atoms with E-state index in [1.165, 1.54) is 12.8 Å². The summed E-state index contributed by atoms with van der Waals surface area (Å²) in [7, 11) is 0. The van der Waals surface area contributed by atoms with Crippen molar-refractivity contribution in [3.63, 3.8) is 0 Å². The number of para-hydroxylation sites is 1. The van der Waals surface area contributed by atoms with Crippen molar-refractivity contribution >= 4 is 17.7 Å². The Kier molecular flexibility index (Phi) is 5.34. The number of aromatic nitrogens is 4. The maximum atomic E-state index is 5.84. The molecule has 3 rings (SSSR count). The Balaban J connectivity index is 1.63. The molecule has 3 aromatic rings. The predicted octanol–water partition coefficient (Wildman–Crippen LogP) is 2.56. The number of hydrogen-bond acceptors (Lipinski definition) is 5. The van der Waals surface area contributed by atoms with E-state index in [4.69, 9.17) is 4.74 Å². The van der Waals surface area contributed by atoms with Gasteiger partial charge in [0.25, 0.3) is 0 Å². The maximum absolute atomic E-state index is 5.84. The molecule has 7 heteroatoms. The van der Waals surface area contributed by atoms with E-state index in [9.17, 15) is 0 Å². The second-order valence-electron chi connectivity index (χ2n) is 5.35. The molecule has 0 bridgehead atoms. The Morgan fingerprint density at radius 1 is 1.25 bits per heavy atom. The van der Waals surface area contributed by atoms with Crippen molar-refractivity contribution < 1.29 is 9.25 Å². The summed E-state index contributed by atoms with van der Waals surface area (Å²) in [5, 5.41) is 15.4. The smallest absolute Gasteiger partial charge is 0.325 e. The Labute approximate surface area is 140 Å². The molecule has 0 saturated carbocycles. The summed E-state index contributed by atoms with van der Waals surface area (Å²) in [6.07, 6.45) is 6.83. The molecule has 24 heavy (non-hydrogen) atoms. The molecule has 1 aromatic carbocycles. The summed E-state index contributed by atoms with van der Waals surface area (Å²) >= 11 is 0. The number of nitrogens with zero attached hydrogens (tertiary/aromatic N) is 4. The normalized spacial score (nSPS) is 11.2. The van der Waals surface area contributed by atoms with Crippen LogP contribution in [0.3, 0.4) is 0 Å². The molecule has 0 spiro atoms. The van der Waals surface area contributed by atoms with Crippen LogP contribution < -0.4 is 14.7 Å². The number of hydrogen-bond donors (Lipinski definition) is 2. The van der Waals surface area contributed by atoms with Gasteiger partial charge in [-0.1, -0.05) is 37.0 Å². The number of rotatable bonds is 8. The zero-order chi connectivity index (χ0) is 16.6. The largest absolute Gasteiger partial charge is 0.493 e. The van der Waals surface area contributed by atoms with Gasteiger partial charge in [0.1, 0.15) is 5.75 Å². The fraction of sp³-hybridized carbons (Fsp3) is 0.294. The summed E-state index contributed by atoms with van der Waals surface area (Å²) in [4.78, 5) is 0. The monoisotopic (exact) mass is 325 g/mol. The summed E-state index contributed by atoms with van der Waals surface area (Å²) in [5.41, 5.74) is 4.59. The average molecular weight is 325 g/mol. The minimum Gasteiger partial charge on any atom is -0.493 e. The first-order valence-electron chi connectivity index (χ1n) is 8.10. The van der Waals surface area contributed by atoms with Gasteiger partial charge in [0.2, 0.25) is 6.33 Å². The van der Waals surface area contributed by atoms with Crippen LogP contribution in [0.2, 0.25) is 0 Å². The average Bonchev–Trinajstić information content (AvgIpc) is 3.08. The molecule has 2 N–H and O–H groups in total. The van der Waals surface area contributed by atoms with Crippen molar-refractivity contribution in [3.8, 4) is 5.75 Å². The van der Waals surface area contributed by atoms with Gasteiger partial charge in [-0.05, 0) is 24.6 Å². The van der Waals surface area contributed by atoms with E-state index in [1.54, 1.807) is 17.1 Å². The van der Waals surface area contributed by atoms with Crippen LogP contribution in [0.5, 0.6) is 5.75 Å². The Morgan fingerprint density at radius 2 is 2.17 bits per heavy atom. The summed E-state index contributed by atoms with van der Waals surface area (Å²) in [6, 6.07) is 11.5.